The predicted octanol–water partition coefficient (Wildman–Crippen LogP) is 3.12. The molecule has 0 amide bonds. The van der Waals surface area contributed by atoms with Gasteiger partial charge in [0.1, 0.15) is 0 Å². The van der Waals surface area contributed by atoms with Crippen molar-refractivity contribution >= 4 is 5.52 Å². The lowest BCUT2D eigenvalue weighted by Gasteiger charge is -2.05. The van der Waals surface area contributed by atoms with Gasteiger partial charge in [0.2, 0.25) is 0 Å². The van der Waals surface area contributed by atoms with Crippen molar-refractivity contribution in [2.45, 2.75) is 0 Å². The molecule has 4 rings (SSSR count). The molecule has 0 N–H and O–H groups in total. The Bertz CT molecular complexity index is 968. The first-order chi connectivity index (χ1) is 11.3. The summed E-state index contributed by atoms with van der Waals surface area (Å²) in [7, 11) is 0. The van der Waals surface area contributed by atoms with Crippen LogP contribution >= 0.6 is 0 Å². The topological polar surface area (TPSA) is 65.2 Å². The second kappa shape index (κ2) is 5.45. The smallest absolute Gasteiger partial charge is 0.321 e. The predicted molar refractivity (Wildman–Crippen MR) is 80.5 cm³/mol. The summed E-state index contributed by atoms with van der Waals surface area (Å²) in [5, 5.41) is 7.78. The van der Waals surface area contributed by atoms with Gasteiger partial charge in [-0.25, -0.2) is 18.9 Å². The fourth-order valence-corrected chi connectivity index (χ4v) is 2.14. The van der Waals surface area contributed by atoms with Gasteiger partial charge in [-0.15, -0.1) is 5.10 Å². The van der Waals surface area contributed by atoms with Crippen molar-refractivity contribution in [1.29, 1.82) is 0 Å². The van der Waals surface area contributed by atoms with E-state index in [0.29, 0.717) is 0 Å². The molecule has 0 radical (unpaired) electrons. The highest BCUT2D eigenvalue weighted by molar-refractivity contribution is 5.63. The maximum atomic E-state index is 13.5. The third-order valence-corrected chi connectivity index (χ3v) is 3.30. The average molecular weight is 307 g/mol. The molecule has 0 saturated heterocycles. The summed E-state index contributed by atoms with van der Waals surface area (Å²) < 4.78 is 20.5. The van der Waals surface area contributed by atoms with Gasteiger partial charge in [0.05, 0.1) is 11.7 Å². The summed E-state index contributed by atoms with van der Waals surface area (Å²) in [6.07, 6.45) is 6.73. The van der Waals surface area contributed by atoms with Gasteiger partial charge in [0.15, 0.2) is 11.6 Å². The molecule has 3 aromatic heterocycles. The summed E-state index contributed by atoms with van der Waals surface area (Å²) in [6.45, 7) is 0. The number of pyridine rings is 1. The van der Waals surface area contributed by atoms with Gasteiger partial charge in [-0.3, -0.25) is 0 Å². The van der Waals surface area contributed by atoms with E-state index in [-0.39, 0.29) is 11.8 Å². The third kappa shape index (κ3) is 2.59. The van der Waals surface area contributed by atoms with E-state index < -0.39 is 5.82 Å². The van der Waals surface area contributed by atoms with Gasteiger partial charge < -0.3 is 4.74 Å². The first kappa shape index (κ1) is 13.3. The van der Waals surface area contributed by atoms with E-state index in [2.05, 4.69) is 20.3 Å². The lowest BCUT2D eigenvalue weighted by molar-refractivity contribution is 0.411. The highest BCUT2D eigenvalue weighted by Gasteiger charge is 2.07. The summed E-state index contributed by atoms with van der Waals surface area (Å²) in [6, 6.07) is 10.0. The second-order valence-corrected chi connectivity index (χ2v) is 4.81. The first-order valence-electron chi connectivity index (χ1n) is 6.84. The Hall–Kier alpha value is -3.35. The Kier molecular flexibility index (Phi) is 3.16. The molecule has 7 heteroatoms. The summed E-state index contributed by atoms with van der Waals surface area (Å²) in [5.74, 6) is -0.374. The van der Waals surface area contributed by atoms with Crippen molar-refractivity contribution in [3.63, 3.8) is 0 Å². The van der Waals surface area contributed by atoms with Crippen LogP contribution in [0, 0.1) is 5.82 Å². The number of halogens is 1. The fourth-order valence-electron chi connectivity index (χ4n) is 2.14. The maximum absolute atomic E-state index is 13.5. The van der Waals surface area contributed by atoms with Crippen LogP contribution < -0.4 is 4.74 Å². The first-order valence-corrected chi connectivity index (χ1v) is 6.84. The molecule has 0 unspecified atom stereocenters. The van der Waals surface area contributed by atoms with Gasteiger partial charge in [0.25, 0.3) is 0 Å². The molecule has 1 aromatic carbocycles. The van der Waals surface area contributed by atoms with Gasteiger partial charge in [-0.05, 0) is 18.2 Å². The molecule has 0 atom stereocenters. The van der Waals surface area contributed by atoms with Crippen LogP contribution in [0.5, 0.6) is 11.8 Å². The van der Waals surface area contributed by atoms with Gasteiger partial charge in [-0.2, -0.15) is 0 Å². The number of fused-ring (bicyclic) bond motifs is 1. The number of hydrogen-bond acceptors (Lipinski definition) is 5. The SMILES string of the molecule is Fc1ccccc1Oc1ncc(-c2ccc3cnnn3c2)cn1. The number of aromatic nitrogens is 5. The molecule has 0 bridgehead atoms. The van der Waals surface area contributed by atoms with Crippen molar-refractivity contribution in [3.05, 3.63) is 67.0 Å². The number of nitrogens with zero attached hydrogens (tertiary/aromatic N) is 5. The van der Waals surface area contributed by atoms with E-state index in [1.54, 1.807) is 35.2 Å². The Balaban J connectivity index is 1.61. The third-order valence-electron chi connectivity index (χ3n) is 3.30. The van der Waals surface area contributed by atoms with Crippen molar-refractivity contribution in [3.8, 4) is 22.9 Å². The van der Waals surface area contributed by atoms with Crippen LogP contribution in [-0.4, -0.2) is 24.8 Å². The molecule has 0 spiro atoms. The number of benzene rings is 1. The van der Waals surface area contributed by atoms with Crippen molar-refractivity contribution in [1.82, 2.24) is 24.8 Å². The molecule has 0 saturated carbocycles. The normalized spacial score (nSPS) is 10.8. The zero-order valence-corrected chi connectivity index (χ0v) is 11.8. The van der Waals surface area contributed by atoms with Gasteiger partial charge in [0, 0.05) is 29.7 Å². The standard InChI is InChI=1S/C16H10FN5O/c17-14-3-1-2-4-15(14)23-16-18-7-12(8-19-16)11-5-6-13-9-20-21-22(13)10-11/h1-10H. The summed E-state index contributed by atoms with van der Waals surface area (Å²) in [4.78, 5) is 8.23. The zero-order valence-electron chi connectivity index (χ0n) is 11.8. The molecule has 6 nitrogen and oxygen atoms in total. The van der Waals surface area contributed by atoms with Gasteiger partial charge >= 0.3 is 6.01 Å². The minimum atomic E-state index is -0.461. The minimum absolute atomic E-state index is 0.0840. The van der Waals surface area contributed by atoms with Crippen LogP contribution in [0.3, 0.4) is 0 Å². The van der Waals surface area contributed by atoms with E-state index >= 15 is 0 Å². The van der Waals surface area contributed by atoms with Gasteiger partial charge in [-0.1, -0.05) is 23.4 Å². The lowest BCUT2D eigenvalue weighted by atomic mass is 10.1. The molecule has 23 heavy (non-hydrogen) atoms. The van der Waals surface area contributed by atoms with E-state index in [0.717, 1.165) is 16.6 Å². The molecule has 0 aliphatic rings. The summed E-state index contributed by atoms with van der Waals surface area (Å²) in [5.41, 5.74) is 2.58. The molecule has 0 fully saturated rings. The van der Waals surface area contributed by atoms with Crippen molar-refractivity contribution < 1.29 is 9.13 Å². The van der Waals surface area contributed by atoms with E-state index in [4.69, 9.17) is 4.74 Å². The van der Waals surface area contributed by atoms with Crippen LogP contribution in [0.25, 0.3) is 16.6 Å². The Morgan fingerprint density at radius 1 is 0.913 bits per heavy atom. The van der Waals surface area contributed by atoms with Crippen LogP contribution in [0.15, 0.2) is 61.2 Å². The molecular weight excluding hydrogens is 297 g/mol. The van der Waals surface area contributed by atoms with Crippen LogP contribution in [-0.2, 0) is 0 Å². The van der Waals surface area contributed by atoms with Crippen molar-refractivity contribution in [2.75, 3.05) is 0 Å². The average Bonchev–Trinajstić information content (AvgIpc) is 3.05. The number of hydrogen-bond donors (Lipinski definition) is 0. The Morgan fingerprint density at radius 3 is 2.57 bits per heavy atom. The Labute approximate surface area is 130 Å². The maximum Gasteiger partial charge on any atom is 0.321 e. The lowest BCUT2D eigenvalue weighted by Crippen LogP contribution is -1.94. The molecule has 0 aliphatic heterocycles. The molecule has 3 heterocycles. The molecule has 4 aromatic rings. The highest BCUT2D eigenvalue weighted by atomic mass is 19.1. The highest BCUT2D eigenvalue weighted by Crippen LogP contribution is 2.23. The Morgan fingerprint density at radius 2 is 1.74 bits per heavy atom. The number of para-hydroxylation sites is 1. The van der Waals surface area contributed by atoms with Crippen molar-refractivity contribution in [2.24, 2.45) is 0 Å². The largest absolute Gasteiger partial charge is 0.421 e. The minimum Gasteiger partial charge on any atom is -0.421 e. The fraction of sp³-hybridized carbons (Fsp3) is 0. The monoisotopic (exact) mass is 307 g/mol. The van der Waals surface area contributed by atoms with E-state index in [1.165, 1.54) is 12.1 Å². The van der Waals surface area contributed by atoms with Crippen LogP contribution in [0.2, 0.25) is 0 Å². The van der Waals surface area contributed by atoms with Crippen LogP contribution in [0.1, 0.15) is 0 Å². The van der Waals surface area contributed by atoms with E-state index in [9.17, 15) is 4.39 Å². The molecular formula is C16H10FN5O. The van der Waals surface area contributed by atoms with E-state index in [1.807, 2.05) is 18.3 Å². The molecule has 0 aliphatic carbocycles. The summed E-state index contributed by atoms with van der Waals surface area (Å²) >= 11 is 0. The second-order valence-electron chi connectivity index (χ2n) is 4.81. The zero-order chi connectivity index (χ0) is 15.6. The quantitative estimate of drug-likeness (QED) is 0.582. The molecule has 112 valence electrons. The number of rotatable bonds is 3. The van der Waals surface area contributed by atoms with Crippen LogP contribution in [0.4, 0.5) is 4.39 Å². The number of ether oxygens (including phenoxy) is 1.